The highest BCUT2D eigenvalue weighted by Gasteiger charge is 2.16. The first-order valence-electron chi connectivity index (χ1n) is 7.06. The minimum Gasteiger partial charge on any atom is -0.322 e. The molecule has 3 rings (SSSR count). The summed E-state index contributed by atoms with van der Waals surface area (Å²) in [5.74, 6) is -0.148. The Morgan fingerprint density at radius 1 is 1.13 bits per heavy atom. The first kappa shape index (κ1) is 15.8. The Labute approximate surface area is 142 Å². The van der Waals surface area contributed by atoms with Gasteiger partial charge in [-0.2, -0.15) is 0 Å². The molecule has 1 aromatic heterocycles. The Kier molecular flexibility index (Phi) is 4.24. The Morgan fingerprint density at radius 2 is 1.87 bits per heavy atom. The van der Waals surface area contributed by atoms with Crippen LogP contribution in [0.3, 0.4) is 0 Å². The zero-order chi connectivity index (χ0) is 16.6. The smallest absolute Gasteiger partial charge is 0.251 e. The predicted octanol–water partition coefficient (Wildman–Crippen LogP) is 4.57. The zero-order valence-electron chi connectivity index (χ0n) is 12.3. The molecule has 0 spiro atoms. The maximum absolute atomic E-state index is 12.6. The van der Waals surface area contributed by atoms with Gasteiger partial charge in [0.15, 0.2) is 5.78 Å². The number of H-pyrrole nitrogens is 1. The maximum atomic E-state index is 12.6. The second-order valence-corrected chi connectivity index (χ2v) is 6.17. The van der Waals surface area contributed by atoms with Crippen LogP contribution in [0.15, 0.2) is 47.3 Å². The van der Waals surface area contributed by atoms with Crippen LogP contribution in [0.2, 0.25) is 10.0 Å². The molecular weight excluding hydrogens is 333 g/mol. The minimum absolute atomic E-state index is 0.109. The van der Waals surface area contributed by atoms with E-state index in [4.69, 9.17) is 23.2 Å². The molecule has 2 aromatic carbocycles. The van der Waals surface area contributed by atoms with Gasteiger partial charge in [0.05, 0.1) is 5.02 Å². The van der Waals surface area contributed by atoms with Crippen molar-refractivity contribution in [2.24, 2.45) is 0 Å². The van der Waals surface area contributed by atoms with Crippen LogP contribution in [0.25, 0.3) is 10.9 Å². The second-order valence-electron chi connectivity index (χ2n) is 5.33. The third-order valence-electron chi connectivity index (χ3n) is 3.86. The van der Waals surface area contributed by atoms with Crippen LogP contribution in [-0.2, 0) is 6.42 Å². The highest BCUT2D eigenvalue weighted by atomic mass is 35.5. The lowest BCUT2D eigenvalue weighted by Crippen LogP contribution is -2.16. The molecule has 23 heavy (non-hydrogen) atoms. The summed E-state index contributed by atoms with van der Waals surface area (Å²) in [4.78, 5) is 27.5. The number of hydrogen-bond donors (Lipinski definition) is 1. The van der Waals surface area contributed by atoms with Crippen molar-refractivity contribution in [2.45, 2.75) is 13.3 Å². The highest BCUT2D eigenvalue weighted by Crippen LogP contribution is 2.24. The molecule has 1 N–H and O–H groups in total. The highest BCUT2D eigenvalue weighted by molar-refractivity contribution is 6.36. The molecule has 116 valence electrons. The number of Topliss-reactive ketones (excluding diaryl/α,β-unsaturated/α-hetero) is 1. The average molecular weight is 346 g/mol. The molecule has 0 atom stereocenters. The molecule has 0 unspecified atom stereocenters. The number of benzene rings is 2. The molecule has 0 aliphatic carbocycles. The van der Waals surface area contributed by atoms with E-state index in [-0.39, 0.29) is 17.8 Å². The number of para-hydroxylation sites is 1. The minimum atomic E-state index is -0.186. The van der Waals surface area contributed by atoms with Crippen molar-refractivity contribution >= 4 is 39.9 Å². The van der Waals surface area contributed by atoms with Gasteiger partial charge in [0.1, 0.15) is 0 Å². The molecule has 0 bridgehead atoms. The quantitative estimate of drug-likeness (QED) is 0.707. The number of carbonyl (C=O) groups excluding carboxylic acids is 1. The van der Waals surface area contributed by atoms with E-state index in [9.17, 15) is 9.59 Å². The first-order chi connectivity index (χ1) is 11.0. The van der Waals surface area contributed by atoms with Gasteiger partial charge in [0.2, 0.25) is 0 Å². The van der Waals surface area contributed by atoms with E-state index in [0.717, 1.165) is 10.9 Å². The third-order valence-corrected chi connectivity index (χ3v) is 4.41. The van der Waals surface area contributed by atoms with Gasteiger partial charge in [0, 0.05) is 33.5 Å². The number of carbonyl (C=O) groups is 1. The summed E-state index contributed by atoms with van der Waals surface area (Å²) in [6.07, 6.45) is 0.109. The van der Waals surface area contributed by atoms with Crippen LogP contribution in [0.1, 0.15) is 21.5 Å². The van der Waals surface area contributed by atoms with Gasteiger partial charge in [-0.25, -0.2) is 0 Å². The van der Waals surface area contributed by atoms with E-state index in [1.165, 1.54) is 0 Å². The topological polar surface area (TPSA) is 49.9 Å². The van der Waals surface area contributed by atoms with E-state index in [1.807, 2.05) is 24.3 Å². The van der Waals surface area contributed by atoms with E-state index >= 15 is 0 Å². The van der Waals surface area contributed by atoms with Crippen molar-refractivity contribution in [3.8, 4) is 0 Å². The van der Waals surface area contributed by atoms with Crippen molar-refractivity contribution in [3.05, 3.63) is 79.6 Å². The summed E-state index contributed by atoms with van der Waals surface area (Å²) >= 11 is 12.0. The van der Waals surface area contributed by atoms with Gasteiger partial charge in [-0.3, -0.25) is 9.59 Å². The third kappa shape index (κ3) is 3.03. The average Bonchev–Trinajstić information content (AvgIpc) is 2.51. The van der Waals surface area contributed by atoms with Crippen LogP contribution in [-0.4, -0.2) is 10.8 Å². The van der Waals surface area contributed by atoms with E-state index in [2.05, 4.69) is 4.98 Å². The first-order valence-corrected chi connectivity index (χ1v) is 7.81. The number of hydrogen-bond acceptors (Lipinski definition) is 2. The van der Waals surface area contributed by atoms with Gasteiger partial charge in [0.25, 0.3) is 5.56 Å². The van der Waals surface area contributed by atoms with E-state index in [1.54, 1.807) is 25.1 Å². The number of fused-ring (bicyclic) bond motifs is 1. The summed E-state index contributed by atoms with van der Waals surface area (Å²) in [5.41, 5.74) is 2.20. The monoisotopic (exact) mass is 345 g/mol. The van der Waals surface area contributed by atoms with Crippen LogP contribution in [0.5, 0.6) is 0 Å². The molecule has 3 aromatic rings. The lowest BCUT2D eigenvalue weighted by atomic mass is 9.96. The summed E-state index contributed by atoms with van der Waals surface area (Å²) in [7, 11) is 0. The molecule has 0 aliphatic rings. The molecule has 0 fully saturated rings. The molecule has 3 nitrogen and oxygen atoms in total. The number of ketones is 1. The standard InChI is InChI=1S/C18H13Cl2NO2/c1-10-14(12-4-2-3-5-16(12)21-18(10)23)9-17(22)13-7-6-11(19)8-15(13)20/h2-8H,9H2,1H3,(H,21,23). The summed E-state index contributed by atoms with van der Waals surface area (Å²) in [6.45, 7) is 1.72. The molecule has 0 aliphatic heterocycles. The van der Waals surface area contributed by atoms with Gasteiger partial charge in [-0.1, -0.05) is 41.4 Å². The fourth-order valence-electron chi connectivity index (χ4n) is 2.61. The fourth-order valence-corrected chi connectivity index (χ4v) is 3.12. The van der Waals surface area contributed by atoms with Crippen molar-refractivity contribution in [1.29, 1.82) is 0 Å². The predicted molar refractivity (Wildman–Crippen MR) is 93.8 cm³/mol. The van der Waals surface area contributed by atoms with Crippen molar-refractivity contribution < 1.29 is 4.79 Å². The number of halogens is 2. The SMILES string of the molecule is Cc1c(CC(=O)c2ccc(Cl)cc2Cl)c2ccccc2[nH]c1=O. The summed E-state index contributed by atoms with van der Waals surface area (Å²) in [6, 6.07) is 12.2. The summed E-state index contributed by atoms with van der Waals surface area (Å²) in [5, 5.41) is 1.65. The van der Waals surface area contributed by atoms with Crippen LogP contribution < -0.4 is 5.56 Å². The number of pyridine rings is 1. The zero-order valence-corrected chi connectivity index (χ0v) is 13.8. The van der Waals surface area contributed by atoms with Crippen LogP contribution in [0.4, 0.5) is 0 Å². The number of aromatic nitrogens is 1. The molecule has 5 heteroatoms. The van der Waals surface area contributed by atoms with Gasteiger partial charge in [-0.15, -0.1) is 0 Å². The molecule has 0 radical (unpaired) electrons. The molecular formula is C18H13Cl2NO2. The van der Waals surface area contributed by atoms with Gasteiger partial charge in [-0.05, 0) is 36.8 Å². The van der Waals surface area contributed by atoms with E-state index < -0.39 is 0 Å². The van der Waals surface area contributed by atoms with Crippen LogP contribution in [0, 0.1) is 6.92 Å². The van der Waals surface area contributed by atoms with Gasteiger partial charge >= 0.3 is 0 Å². The lowest BCUT2D eigenvalue weighted by Gasteiger charge is -2.10. The van der Waals surface area contributed by atoms with Crippen molar-refractivity contribution in [1.82, 2.24) is 4.98 Å². The number of nitrogens with one attached hydrogen (secondary N) is 1. The maximum Gasteiger partial charge on any atom is 0.251 e. The Hall–Kier alpha value is -2.10. The van der Waals surface area contributed by atoms with Crippen molar-refractivity contribution in [2.75, 3.05) is 0 Å². The van der Waals surface area contributed by atoms with Crippen molar-refractivity contribution in [3.63, 3.8) is 0 Å². The molecule has 0 amide bonds. The second kappa shape index (κ2) is 6.19. The molecule has 0 saturated carbocycles. The van der Waals surface area contributed by atoms with Gasteiger partial charge < -0.3 is 4.98 Å². The van der Waals surface area contributed by atoms with Crippen LogP contribution >= 0.6 is 23.2 Å². The summed E-state index contributed by atoms with van der Waals surface area (Å²) < 4.78 is 0. The Balaban J connectivity index is 2.09. The molecule has 0 saturated heterocycles. The lowest BCUT2D eigenvalue weighted by molar-refractivity contribution is 0.0993. The fraction of sp³-hybridized carbons (Fsp3) is 0.111. The van der Waals surface area contributed by atoms with E-state index in [0.29, 0.717) is 26.7 Å². The number of aromatic amines is 1. The normalized spacial score (nSPS) is 10.9. The Bertz CT molecular complexity index is 976. The largest absolute Gasteiger partial charge is 0.322 e. The Morgan fingerprint density at radius 3 is 2.61 bits per heavy atom. The number of rotatable bonds is 3. The molecule has 1 heterocycles.